The number of likely N-dealkylation sites (tertiary alicyclic amines) is 1. The average Bonchev–Trinajstić information content (AvgIpc) is 3.24. The van der Waals surface area contributed by atoms with Crippen molar-refractivity contribution in [2.75, 3.05) is 6.54 Å². The van der Waals surface area contributed by atoms with Gasteiger partial charge in [0.2, 0.25) is 5.91 Å². The number of hydrogen-bond donors (Lipinski definition) is 0. The van der Waals surface area contributed by atoms with Gasteiger partial charge in [-0.25, -0.2) is 4.98 Å². The van der Waals surface area contributed by atoms with Crippen LogP contribution in [-0.4, -0.2) is 28.4 Å². The van der Waals surface area contributed by atoms with Crippen LogP contribution in [0, 0.1) is 18.8 Å². The zero-order chi connectivity index (χ0) is 17.4. The molecule has 1 saturated heterocycles. The molecule has 1 amide bonds. The average molecular weight is 359 g/mol. The van der Waals surface area contributed by atoms with Crippen molar-refractivity contribution in [3.05, 3.63) is 29.0 Å². The van der Waals surface area contributed by atoms with Crippen molar-refractivity contribution in [1.29, 1.82) is 0 Å². The maximum atomic E-state index is 12.9. The third kappa shape index (κ3) is 3.39. The first-order chi connectivity index (χ1) is 12.1. The van der Waals surface area contributed by atoms with Gasteiger partial charge >= 0.3 is 0 Å². The second-order valence-corrected chi connectivity index (χ2v) is 8.46. The second-order valence-electron chi connectivity index (χ2n) is 7.60. The minimum absolute atomic E-state index is 0.247. The van der Waals surface area contributed by atoms with Gasteiger partial charge in [0.1, 0.15) is 5.76 Å². The Morgan fingerprint density at radius 3 is 2.96 bits per heavy atom. The quantitative estimate of drug-likeness (QED) is 0.800. The van der Waals surface area contributed by atoms with Crippen LogP contribution in [0.1, 0.15) is 50.5 Å². The van der Waals surface area contributed by atoms with Crippen LogP contribution >= 0.6 is 11.3 Å². The molecular formula is C20H26N2O2S. The number of fused-ring (bicyclic) bond motifs is 1. The van der Waals surface area contributed by atoms with Crippen LogP contribution < -0.4 is 0 Å². The summed E-state index contributed by atoms with van der Waals surface area (Å²) in [6.07, 6.45) is 6.60. The molecule has 2 aromatic heterocycles. The molecule has 1 saturated carbocycles. The molecule has 0 radical (unpaired) electrons. The molecule has 1 aliphatic heterocycles. The minimum Gasteiger partial charge on any atom is -0.459 e. The molecular weight excluding hydrogens is 332 g/mol. The Hall–Kier alpha value is -1.62. The van der Waals surface area contributed by atoms with E-state index in [1.54, 1.807) is 11.3 Å². The molecule has 134 valence electrons. The van der Waals surface area contributed by atoms with E-state index in [1.165, 1.54) is 25.7 Å². The lowest BCUT2D eigenvalue weighted by Gasteiger charge is -2.47. The predicted molar refractivity (Wildman–Crippen MR) is 99.5 cm³/mol. The molecule has 4 nitrogen and oxygen atoms in total. The van der Waals surface area contributed by atoms with Gasteiger partial charge in [-0.3, -0.25) is 4.79 Å². The van der Waals surface area contributed by atoms with Crippen LogP contribution in [0.4, 0.5) is 0 Å². The molecule has 0 spiro atoms. The summed E-state index contributed by atoms with van der Waals surface area (Å²) in [5.74, 6) is 3.37. The summed E-state index contributed by atoms with van der Waals surface area (Å²) in [7, 11) is 0. The molecule has 3 unspecified atom stereocenters. The molecule has 3 atom stereocenters. The summed E-state index contributed by atoms with van der Waals surface area (Å²) in [4.78, 5) is 19.7. The van der Waals surface area contributed by atoms with Gasteiger partial charge in [-0.15, -0.1) is 11.3 Å². The second kappa shape index (κ2) is 6.94. The number of aryl methyl sites for hydroxylation is 1. The molecule has 1 aliphatic carbocycles. The van der Waals surface area contributed by atoms with E-state index in [1.807, 2.05) is 24.4 Å². The molecule has 2 aliphatic rings. The van der Waals surface area contributed by atoms with Crippen LogP contribution in [0.15, 0.2) is 21.9 Å². The highest BCUT2D eigenvalue weighted by atomic mass is 32.1. The van der Waals surface area contributed by atoms with Gasteiger partial charge in [0.05, 0.1) is 12.1 Å². The number of thiazole rings is 1. The van der Waals surface area contributed by atoms with Crippen molar-refractivity contribution in [3.8, 4) is 10.8 Å². The highest BCUT2D eigenvalue weighted by molar-refractivity contribution is 7.13. The van der Waals surface area contributed by atoms with Crippen molar-refractivity contribution in [1.82, 2.24) is 9.88 Å². The van der Waals surface area contributed by atoms with Crippen LogP contribution in [-0.2, 0) is 11.2 Å². The zero-order valence-corrected chi connectivity index (χ0v) is 15.8. The van der Waals surface area contributed by atoms with Gasteiger partial charge < -0.3 is 9.32 Å². The fraction of sp³-hybridized carbons (Fsp3) is 0.600. The standard InChI is InChI=1S/C20H26N2O2S/c1-13-9-10-22(17-6-4-3-5-16(13)17)19(23)11-15-12-25-20(21-15)18-8-7-14(2)24-18/h7-8,12-13,16-17H,3-6,9-11H2,1-2H3. The van der Waals surface area contributed by atoms with E-state index in [0.717, 1.165) is 41.1 Å². The fourth-order valence-corrected chi connectivity index (χ4v) is 5.31. The van der Waals surface area contributed by atoms with Gasteiger partial charge in [-0.2, -0.15) is 0 Å². The largest absolute Gasteiger partial charge is 0.459 e. The first kappa shape index (κ1) is 16.8. The molecule has 3 heterocycles. The Morgan fingerprint density at radius 2 is 2.16 bits per heavy atom. The summed E-state index contributed by atoms with van der Waals surface area (Å²) >= 11 is 1.55. The Balaban J connectivity index is 1.45. The third-order valence-electron chi connectivity index (χ3n) is 5.89. The van der Waals surface area contributed by atoms with E-state index in [4.69, 9.17) is 4.42 Å². The lowest BCUT2D eigenvalue weighted by molar-refractivity contribution is -0.138. The van der Waals surface area contributed by atoms with E-state index < -0.39 is 0 Å². The van der Waals surface area contributed by atoms with E-state index in [-0.39, 0.29) is 5.91 Å². The molecule has 25 heavy (non-hydrogen) atoms. The topological polar surface area (TPSA) is 46.3 Å². The molecule has 0 N–H and O–H groups in total. The Kier molecular flexibility index (Phi) is 4.67. The van der Waals surface area contributed by atoms with Gasteiger partial charge in [0.15, 0.2) is 10.8 Å². The summed E-state index contributed by atoms with van der Waals surface area (Å²) in [6.45, 7) is 5.21. The van der Waals surface area contributed by atoms with Crippen LogP contribution in [0.2, 0.25) is 0 Å². The molecule has 0 bridgehead atoms. The number of hydrogen-bond acceptors (Lipinski definition) is 4. The summed E-state index contributed by atoms with van der Waals surface area (Å²) in [6, 6.07) is 4.34. The van der Waals surface area contributed by atoms with E-state index in [2.05, 4.69) is 16.8 Å². The van der Waals surface area contributed by atoms with E-state index in [9.17, 15) is 4.79 Å². The SMILES string of the molecule is Cc1ccc(-c2nc(CC(=O)N3CCC(C)C4CCCCC43)cs2)o1. The van der Waals surface area contributed by atoms with Crippen molar-refractivity contribution in [2.24, 2.45) is 11.8 Å². The number of amides is 1. The van der Waals surface area contributed by atoms with Gasteiger partial charge in [-0.05, 0) is 50.2 Å². The van der Waals surface area contributed by atoms with Gasteiger partial charge in [0, 0.05) is 18.0 Å². The highest BCUT2D eigenvalue weighted by Gasteiger charge is 2.39. The van der Waals surface area contributed by atoms with Gasteiger partial charge in [0.25, 0.3) is 0 Å². The first-order valence-corrected chi connectivity index (χ1v) is 10.3. The van der Waals surface area contributed by atoms with Crippen molar-refractivity contribution >= 4 is 17.2 Å². The number of rotatable bonds is 3. The van der Waals surface area contributed by atoms with Crippen LogP contribution in [0.5, 0.6) is 0 Å². The number of piperidine rings is 1. The third-order valence-corrected chi connectivity index (χ3v) is 6.80. The maximum Gasteiger partial charge on any atom is 0.228 e. The summed E-state index contributed by atoms with van der Waals surface area (Å²) in [5.41, 5.74) is 0.866. The maximum absolute atomic E-state index is 12.9. The molecule has 2 fully saturated rings. The predicted octanol–water partition coefficient (Wildman–Crippen LogP) is 4.68. The number of furan rings is 1. The smallest absolute Gasteiger partial charge is 0.228 e. The van der Waals surface area contributed by atoms with Crippen molar-refractivity contribution in [2.45, 2.75) is 58.4 Å². The Bertz CT molecular complexity index is 750. The Morgan fingerprint density at radius 1 is 1.32 bits per heavy atom. The van der Waals surface area contributed by atoms with E-state index in [0.29, 0.717) is 18.4 Å². The van der Waals surface area contributed by atoms with Crippen LogP contribution in [0.25, 0.3) is 10.8 Å². The molecule has 2 aromatic rings. The number of nitrogens with zero attached hydrogens (tertiary/aromatic N) is 2. The van der Waals surface area contributed by atoms with Crippen molar-refractivity contribution < 1.29 is 9.21 Å². The normalized spacial score (nSPS) is 26.5. The molecule has 5 heteroatoms. The first-order valence-electron chi connectivity index (χ1n) is 9.42. The molecule has 0 aromatic carbocycles. The van der Waals surface area contributed by atoms with Crippen molar-refractivity contribution in [3.63, 3.8) is 0 Å². The highest BCUT2D eigenvalue weighted by Crippen LogP contribution is 2.39. The summed E-state index contributed by atoms with van der Waals surface area (Å²) < 4.78 is 5.64. The number of carbonyl (C=O) groups is 1. The zero-order valence-electron chi connectivity index (χ0n) is 15.0. The fourth-order valence-electron chi connectivity index (χ4n) is 4.53. The van der Waals surface area contributed by atoms with Gasteiger partial charge in [-0.1, -0.05) is 19.8 Å². The molecule has 4 rings (SSSR count). The van der Waals surface area contributed by atoms with Crippen LogP contribution in [0.3, 0.4) is 0 Å². The lowest BCUT2D eigenvalue weighted by atomic mass is 9.72. The number of carbonyl (C=O) groups excluding carboxylic acids is 1. The monoisotopic (exact) mass is 358 g/mol. The number of aromatic nitrogens is 1. The summed E-state index contributed by atoms with van der Waals surface area (Å²) in [5, 5.41) is 2.86. The minimum atomic E-state index is 0.247. The Labute approximate surface area is 153 Å². The van der Waals surface area contributed by atoms with E-state index >= 15 is 0 Å². The lowest BCUT2D eigenvalue weighted by Crippen LogP contribution is -2.52.